The van der Waals surface area contributed by atoms with Crippen molar-refractivity contribution in [2.24, 2.45) is 5.92 Å². The molecule has 2 bridgehead atoms. The summed E-state index contributed by atoms with van der Waals surface area (Å²) in [7, 11) is 0. The van der Waals surface area contributed by atoms with Gasteiger partial charge in [0.15, 0.2) is 0 Å². The number of halogens is 1. The molecule has 3 aliphatic rings. The summed E-state index contributed by atoms with van der Waals surface area (Å²) in [4.78, 5) is 55.4. The molecule has 0 radical (unpaired) electrons. The first kappa shape index (κ1) is 29.9. The second kappa shape index (κ2) is 12.9. The number of pyridine rings is 1. The zero-order valence-corrected chi connectivity index (χ0v) is 26.2. The number of nitrogens with one attached hydrogen (secondary N) is 2. The van der Waals surface area contributed by atoms with E-state index in [4.69, 9.17) is 4.74 Å². The fraction of sp³-hybridized carbons (Fsp3) is 0.394. The molecule has 3 aliphatic heterocycles. The maximum atomic E-state index is 13.5. The van der Waals surface area contributed by atoms with Crippen molar-refractivity contribution >= 4 is 45.2 Å². The number of fused-ring (bicyclic) bond motifs is 4. The first-order chi connectivity index (χ1) is 21.3. The molecule has 2 atom stereocenters. The van der Waals surface area contributed by atoms with Gasteiger partial charge in [-0.2, -0.15) is 0 Å². The van der Waals surface area contributed by atoms with E-state index in [9.17, 15) is 19.2 Å². The van der Waals surface area contributed by atoms with Gasteiger partial charge in [-0.25, -0.2) is 4.79 Å². The molecule has 11 heteroatoms. The van der Waals surface area contributed by atoms with E-state index in [2.05, 4.69) is 31.5 Å². The Morgan fingerprint density at radius 1 is 0.955 bits per heavy atom. The standard InChI is InChI=1S/C33H36BrN5O5/c1-2-44-33(43)37-14-12-24(13-15-37)35-31(41)22-10-11-29(27(17-22)36-32(42)25-6-3-4-7-26(25)34)38-18-21-16-23(20-38)28-8-5-9-30(40)39(28)19-21/h3-11,17,21,23-24H,2,12-16,18-20H2,1H3,(H,35,41)(H,36,42)/t21-,23+/m1/s1. The quantitative estimate of drug-likeness (QED) is 0.391. The number of hydrogen-bond donors (Lipinski definition) is 2. The van der Waals surface area contributed by atoms with Gasteiger partial charge in [-0.1, -0.05) is 18.2 Å². The van der Waals surface area contributed by atoms with E-state index < -0.39 is 0 Å². The first-order valence-electron chi connectivity index (χ1n) is 15.2. The average Bonchev–Trinajstić information content (AvgIpc) is 3.02. The van der Waals surface area contributed by atoms with Gasteiger partial charge in [-0.05, 0) is 84.4 Å². The zero-order chi connectivity index (χ0) is 30.8. The van der Waals surface area contributed by atoms with E-state index >= 15 is 0 Å². The molecule has 2 N–H and O–H groups in total. The lowest BCUT2D eigenvalue weighted by Gasteiger charge is -2.44. The maximum absolute atomic E-state index is 13.5. The van der Waals surface area contributed by atoms with Crippen LogP contribution in [-0.4, -0.2) is 66.2 Å². The van der Waals surface area contributed by atoms with Gasteiger partial charge in [0.2, 0.25) is 0 Å². The third kappa shape index (κ3) is 6.24. The van der Waals surface area contributed by atoms with Gasteiger partial charge in [0, 0.05) is 66.5 Å². The molecule has 3 amide bonds. The predicted octanol–water partition coefficient (Wildman–Crippen LogP) is 4.84. The van der Waals surface area contributed by atoms with Crippen molar-refractivity contribution in [1.29, 1.82) is 0 Å². The molecule has 2 saturated heterocycles. The van der Waals surface area contributed by atoms with Crippen LogP contribution in [0.3, 0.4) is 0 Å². The summed E-state index contributed by atoms with van der Waals surface area (Å²) in [5, 5.41) is 6.20. The Kier molecular flexibility index (Phi) is 8.74. The number of piperidine rings is 2. The summed E-state index contributed by atoms with van der Waals surface area (Å²) in [6.45, 7) is 5.24. The number of aromatic nitrogens is 1. The minimum Gasteiger partial charge on any atom is -0.450 e. The molecule has 2 fully saturated rings. The number of nitrogens with zero attached hydrogens (tertiary/aromatic N) is 3. The molecule has 0 unspecified atom stereocenters. The van der Waals surface area contributed by atoms with E-state index in [0.29, 0.717) is 66.9 Å². The SMILES string of the molecule is CCOC(=O)N1CCC(NC(=O)c2ccc(N3C[C@H]4C[C@@H](C3)c3cccc(=O)n3C4)c(NC(=O)c3ccccc3Br)c2)CC1. The van der Waals surface area contributed by atoms with E-state index in [0.717, 1.165) is 24.3 Å². The van der Waals surface area contributed by atoms with Crippen LogP contribution >= 0.6 is 15.9 Å². The molecule has 10 nitrogen and oxygen atoms in total. The van der Waals surface area contributed by atoms with Crippen LogP contribution in [-0.2, 0) is 11.3 Å². The van der Waals surface area contributed by atoms with Gasteiger partial charge in [0.25, 0.3) is 17.4 Å². The highest BCUT2D eigenvalue weighted by molar-refractivity contribution is 9.10. The minimum absolute atomic E-state index is 0.0361. The van der Waals surface area contributed by atoms with Crippen molar-refractivity contribution in [3.63, 3.8) is 0 Å². The Hall–Kier alpha value is -4.12. The molecule has 1 aromatic heterocycles. The van der Waals surface area contributed by atoms with Gasteiger partial charge in [-0.15, -0.1) is 0 Å². The molecule has 2 aromatic carbocycles. The second-order valence-corrected chi connectivity index (χ2v) is 12.6. The molecule has 44 heavy (non-hydrogen) atoms. The summed E-state index contributed by atoms with van der Waals surface area (Å²) < 4.78 is 7.68. The molecular formula is C33H36BrN5O5. The number of rotatable bonds is 6. The predicted molar refractivity (Wildman–Crippen MR) is 171 cm³/mol. The topological polar surface area (TPSA) is 113 Å². The number of amides is 3. The van der Waals surface area contributed by atoms with Crippen LogP contribution in [0.15, 0.2) is 69.9 Å². The van der Waals surface area contributed by atoms with Crippen molar-refractivity contribution in [3.05, 3.63) is 92.3 Å². The van der Waals surface area contributed by atoms with Crippen molar-refractivity contribution in [3.8, 4) is 0 Å². The van der Waals surface area contributed by atoms with Crippen LogP contribution in [0.2, 0.25) is 0 Å². The Morgan fingerprint density at radius 2 is 1.75 bits per heavy atom. The van der Waals surface area contributed by atoms with Crippen LogP contribution in [0.5, 0.6) is 0 Å². The highest BCUT2D eigenvalue weighted by atomic mass is 79.9. The number of carbonyl (C=O) groups excluding carboxylic acids is 3. The van der Waals surface area contributed by atoms with Gasteiger partial charge in [0.05, 0.1) is 23.5 Å². The zero-order valence-electron chi connectivity index (χ0n) is 24.6. The van der Waals surface area contributed by atoms with E-state index in [-0.39, 0.29) is 41.3 Å². The summed E-state index contributed by atoms with van der Waals surface area (Å²) in [6, 6.07) is 18.1. The average molecular weight is 663 g/mol. The van der Waals surface area contributed by atoms with Crippen LogP contribution in [0, 0.1) is 5.92 Å². The molecular weight excluding hydrogens is 626 g/mol. The normalized spacial score (nSPS) is 19.6. The highest BCUT2D eigenvalue weighted by Gasteiger charge is 2.35. The van der Waals surface area contributed by atoms with Gasteiger partial charge in [-0.3, -0.25) is 14.4 Å². The molecule has 230 valence electrons. The summed E-state index contributed by atoms with van der Waals surface area (Å²) in [5.41, 5.74) is 3.41. The molecule has 0 spiro atoms. The molecule has 4 heterocycles. The van der Waals surface area contributed by atoms with Crippen LogP contribution < -0.4 is 21.1 Å². The van der Waals surface area contributed by atoms with Gasteiger partial charge < -0.3 is 29.7 Å². The second-order valence-electron chi connectivity index (χ2n) is 11.7. The third-order valence-electron chi connectivity index (χ3n) is 8.80. The molecule has 0 aliphatic carbocycles. The minimum atomic E-state index is -0.323. The highest BCUT2D eigenvalue weighted by Crippen LogP contribution is 2.39. The number of hydrogen-bond acceptors (Lipinski definition) is 6. The van der Waals surface area contributed by atoms with Crippen LogP contribution in [0.1, 0.15) is 58.5 Å². The van der Waals surface area contributed by atoms with E-state index in [1.54, 1.807) is 36.1 Å². The van der Waals surface area contributed by atoms with Crippen molar-refractivity contribution < 1.29 is 19.1 Å². The molecule has 6 rings (SSSR count). The lowest BCUT2D eigenvalue weighted by molar-refractivity contribution is 0.0859. The maximum Gasteiger partial charge on any atom is 0.409 e. The Labute approximate surface area is 264 Å². The molecule has 0 saturated carbocycles. The summed E-state index contributed by atoms with van der Waals surface area (Å²) in [5.74, 6) is -0.0358. The number of likely N-dealkylation sites (tertiary alicyclic amines) is 1. The summed E-state index contributed by atoms with van der Waals surface area (Å²) in [6.07, 6.45) is 1.95. The first-order valence-corrected chi connectivity index (χ1v) is 16.0. The number of benzene rings is 2. The lowest BCUT2D eigenvalue weighted by Crippen LogP contribution is -2.47. The largest absolute Gasteiger partial charge is 0.450 e. The van der Waals surface area contributed by atoms with Gasteiger partial charge in [0.1, 0.15) is 0 Å². The van der Waals surface area contributed by atoms with Gasteiger partial charge >= 0.3 is 6.09 Å². The number of anilines is 2. The monoisotopic (exact) mass is 661 g/mol. The molecule has 3 aromatic rings. The Balaban J connectivity index is 1.24. The fourth-order valence-corrected chi connectivity index (χ4v) is 7.14. The smallest absolute Gasteiger partial charge is 0.409 e. The third-order valence-corrected chi connectivity index (χ3v) is 9.49. The van der Waals surface area contributed by atoms with E-state index in [1.165, 1.54) is 0 Å². The van der Waals surface area contributed by atoms with E-state index in [1.807, 2.05) is 41.0 Å². The van der Waals surface area contributed by atoms with Crippen LogP contribution in [0.4, 0.5) is 16.2 Å². The van der Waals surface area contributed by atoms with Crippen molar-refractivity contribution in [1.82, 2.24) is 14.8 Å². The Bertz CT molecular complexity index is 1630. The van der Waals surface area contributed by atoms with Crippen LogP contribution in [0.25, 0.3) is 0 Å². The van der Waals surface area contributed by atoms with Crippen molar-refractivity contribution in [2.75, 3.05) is 43.0 Å². The summed E-state index contributed by atoms with van der Waals surface area (Å²) >= 11 is 3.48. The lowest BCUT2D eigenvalue weighted by atomic mass is 9.83. The Morgan fingerprint density at radius 3 is 2.52 bits per heavy atom. The fourth-order valence-electron chi connectivity index (χ4n) is 6.67. The number of carbonyl (C=O) groups is 3. The van der Waals surface area contributed by atoms with Crippen molar-refractivity contribution in [2.45, 2.75) is 44.7 Å². The number of ether oxygens (including phenoxy) is 1.